The highest BCUT2D eigenvalue weighted by Gasteiger charge is 2.60. The van der Waals surface area contributed by atoms with Gasteiger partial charge in [0.2, 0.25) is 5.92 Å². The van der Waals surface area contributed by atoms with E-state index in [-0.39, 0.29) is 5.33 Å². The first-order valence-corrected chi connectivity index (χ1v) is 4.91. The normalized spacial score (nSPS) is 13.5. The molecule has 1 rings (SSSR count). The number of oxazole rings is 1. The molecule has 0 N–H and O–H groups in total. The summed E-state index contributed by atoms with van der Waals surface area (Å²) in [6, 6.07) is 0. The van der Waals surface area contributed by atoms with E-state index in [4.69, 9.17) is 0 Å². The molecule has 92 valence electrons. The van der Waals surface area contributed by atoms with E-state index in [0.717, 1.165) is 0 Å². The number of halogens is 7. The van der Waals surface area contributed by atoms with Gasteiger partial charge in [-0.2, -0.15) is 26.3 Å². The molecule has 1 aromatic heterocycles. The second-order valence-corrected chi connectivity index (χ2v) is 3.37. The molecule has 0 spiro atoms. The third-order valence-corrected chi connectivity index (χ3v) is 2.25. The lowest BCUT2D eigenvalue weighted by atomic mass is 10.0. The zero-order valence-corrected chi connectivity index (χ0v) is 8.95. The molecule has 0 saturated heterocycles. The minimum atomic E-state index is -5.46. The summed E-state index contributed by atoms with van der Waals surface area (Å²) in [7, 11) is 0. The summed E-state index contributed by atoms with van der Waals surface area (Å²) in [5.41, 5.74) is -0.417. The van der Waals surface area contributed by atoms with Gasteiger partial charge in [-0.05, 0) is 0 Å². The van der Waals surface area contributed by atoms with Crippen LogP contribution >= 0.6 is 15.9 Å². The Balaban J connectivity index is 3.23. The van der Waals surface area contributed by atoms with Crippen LogP contribution in [-0.4, -0.2) is 17.3 Å². The van der Waals surface area contributed by atoms with E-state index in [1.807, 2.05) is 0 Å². The molecular formula is C7H4BrF6NO. The Kier molecular flexibility index (Phi) is 3.56. The van der Waals surface area contributed by atoms with Crippen molar-refractivity contribution in [2.75, 3.05) is 0 Å². The third kappa shape index (κ3) is 2.69. The number of hydrogen-bond donors (Lipinski definition) is 0. The average molecular weight is 312 g/mol. The van der Waals surface area contributed by atoms with Crippen LogP contribution in [0, 0.1) is 0 Å². The summed E-state index contributed by atoms with van der Waals surface area (Å²) in [6.45, 7) is 0. The van der Waals surface area contributed by atoms with Gasteiger partial charge < -0.3 is 4.42 Å². The summed E-state index contributed by atoms with van der Waals surface area (Å²) < 4.78 is 77.8. The molecule has 9 heteroatoms. The second-order valence-electron chi connectivity index (χ2n) is 2.81. The molecule has 0 atom stereocenters. The largest absolute Gasteiger partial charge is 0.447 e. The van der Waals surface area contributed by atoms with Crippen LogP contribution in [0.1, 0.15) is 17.4 Å². The van der Waals surface area contributed by atoms with Crippen molar-refractivity contribution in [3.8, 4) is 0 Å². The first-order chi connectivity index (χ1) is 7.18. The molecular weight excluding hydrogens is 308 g/mol. The van der Waals surface area contributed by atoms with Gasteiger partial charge in [-0.3, -0.25) is 0 Å². The maximum atomic E-state index is 12.3. The highest BCUT2D eigenvalue weighted by atomic mass is 79.9. The van der Waals surface area contributed by atoms with Crippen LogP contribution in [0.4, 0.5) is 26.3 Å². The van der Waals surface area contributed by atoms with E-state index in [1.54, 1.807) is 0 Å². The smallest absolute Gasteiger partial charge is 0.407 e. The number of alkyl halides is 7. The standard InChI is InChI=1S/C7H4BrF6NO/c8-1-3-4(16-2-15-3)5(6(9,10)11)7(12,13)14/h2,5H,1H2. The topological polar surface area (TPSA) is 26.0 Å². The van der Waals surface area contributed by atoms with Crippen molar-refractivity contribution in [3.05, 3.63) is 17.8 Å². The molecule has 0 aliphatic heterocycles. The minimum Gasteiger partial charge on any atom is -0.447 e. The van der Waals surface area contributed by atoms with Crippen molar-refractivity contribution in [1.29, 1.82) is 0 Å². The zero-order valence-electron chi connectivity index (χ0n) is 7.36. The summed E-state index contributed by atoms with van der Waals surface area (Å²) in [4.78, 5) is 3.27. The van der Waals surface area contributed by atoms with Gasteiger partial charge in [-0.25, -0.2) is 4.98 Å². The summed E-state index contributed by atoms with van der Waals surface area (Å²) in [5.74, 6) is -4.87. The fourth-order valence-corrected chi connectivity index (χ4v) is 1.52. The van der Waals surface area contributed by atoms with E-state index in [2.05, 4.69) is 25.3 Å². The summed E-state index contributed by atoms with van der Waals surface area (Å²) in [6.07, 6.45) is -10.4. The number of aromatic nitrogens is 1. The van der Waals surface area contributed by atoms with Gasteiger partial charge in [-0.1, -0.05) is 15.9 Å². The number of rotatable bonds is 2. The lowest BCUT2D eigenvalue weighted by molar-refractivity contribution is -0.257. The van der Waals surface area contributed by atoms with Gasteiger partial charge in [0.25, 0.3) is 0 Å². The highest BCUT2D eigenvalue weighted by molar-refractivity contribution is 9.08. The Morgan fingerprint density at radius 3 is 2.06 bits per heavy atom. The molecule has 1 heterocycles. The third-order valence-electron chi connectivity index (χ3n) is 1.72. The monoisotopic (exact) mass is 311 g/mol. The van der Waals surface area contributed by atoms with E-state index >= 15 is 0 Å². The van der Waals surface area contributed by atoms with Crippen LogP contribution in [-0.2, 0) is 5.33 Å². The Morgan fingerprint density at radius 1 is 1.19 bits per heavy atom. The molecule has 2 nitrogen and oxygen atoms in total. The predicted octanol–water partition coefficient (Wildman–Crippen LogP) is 3.78. The molecule has 0 aliphatic rings. The van der Waals surface area contributed by atoms with Gasteiger partial charge in [0, 0.05) is 5.33 Å². The van der Waals surface area contributed by atoms with Crippen molar-refractivity contribution in [2.45, 2.75) is 23.6 Å². The first kappa shape index (κ1) is 13.3. The summed E-state index contributed by atoms with van der Waals surface area (Å²) in [5, 5.41) is -0.249. The van der Waals surface area contributed by atoms with Crippen LogP contribution in [0.25, 0.3) is 0 Å². The molecule has 0 bridgehead atoms. The maximum absolute atomic E-state index is 12.3. The van der Waals surface area contributed by atoms with Crippen LogP contribution < -0.4 is 0 Å². The SMILES string of the molecule is FC(F)(F)C(c1ocnc1CBr)C(F)(F)F. The van der Waals surface area contributed by atoms with Crippen molar-refractivity contribution in [2.24, 2.45) is 0 Å². The van der Waals surface area contributed by atoms with E-state index in [0.29, 0.717) is 6.39 Å². The Morgan fingerprint density at radius 2 is 1.69 bits per heavy atom. The fourth-order valence-electron chi connectivity index (χ4n) is 1.10. The molecule has 0 aromatic carbocycles. The van der Waals surface area contributed by atoms with Gasteiger partial charge in [0.15, 0.2) is 6.39 Å². The average Bonchev–Trinajstić information content (AvgIpc) is 2.46. The fraction of sp³-hybridized carbons (Fsp3) is 0.571. The van der Waals surface area contributed by atoms with Crippen LogP contribution in [0.3, 0.4) is 0 Å². The van der Waals surface area contributed by atoms with Crippen LogP contribution in [0.2, 0.25) is 0 Å². The predicted molar refractivity (Wildman–Crippen MR) is 44.0 cm³/mol. The van der Waals surface area contributed by atoms with Gasteiger partial charge in [0.1, 0.15) is 5.76 Å². The molecule has 1 aromatic rings. The molecule has 0 amide bonds. The van der Waals surface area contributed by atoms with E-state index in [9.17, 15) is 26.3 Å². The zero-order chi connectivity index (χ0) is 12.6. The van der Waals surface area contributed by atoms with E-state index < -0.39 is 29.7 Å². The van der Waals surface area contributed by atoms with Crippen molar-refractivity contribution >= 4 is 15.9 Å². The Bertz CT molecular complexity index is 342. The van der Waals surface area contributed by atoms with Gasteiger partial charge >= 0.3 is 12.4 Å². The number of nitrogens with zero attached hydrogens (tertiary/aromatic N) is 1. The molecule has 0 fully saturated rings. The molecule has 0 unspecified atom stereocenters. The molecule has 16 heavy (non-hydrogen) atoms. The first-order valence-electron chi connectivity index (χ1n) is 3.79. The van der Waals surface area contributed by atoms with Crippen molar-refractivity contribution < 1.29 is 30.8 Å². The van der Waals surface area contributed by atoms with E-state index in [1.165, 1.54) is 0 Å². The lowest BCUT2D eigenvalue weighted by Gasteiger charge is -2.21. The van der Waals surface area contributed by atoms with Crippen molar-refractivity contribution in [1.82, 2.24) is 4.98 Å². The van der Waals surface area contributed by atoms with Gasteiger partial charge in [-0.15, -0.1) is 0 Å². The summed E-state index contributed by atoms with van der Waals surface area (Å²) >= 11 is 2.73. The quantitative estimate of drug-likeness (QED) is 0.613. The lowest BCUT2D eigenvalue weighted by Crippen LogP contribution is -2.34. The molecule has 0 saturated carbocycles. The second kappa shape index (κ2) is 4.27. The number of hydrogen-bond acceptors (Lipinski definition) is 2. The highest BCUT2D eigenvalue weighted by Crippen LogP contribution is 2.47. The molecule has 0 radical (unpaired) electrons. The minimum absolute atomic E-state index is 0.249. The van der Waals surface area contributed by atoms with Crippen LogP contribution in [0.5, 0.6) is 0 Å². The Hall–Kier alpha value is -0.730. The Labute approximate surface area is 93.8 Å². The maximum Gasteiger partial charge on any atom is 0.407 e. The molecule has 0 aliphatic carbocycles. The van der Waals surface area contributed by atoms with Gasteiger partial charge in [0.05, 0.1) is 5.69 Å². The van der Waals surface area contributed by atoms with Crippen LogP contribution in [0.15, 0.2) is 10.8 Å². The van der Waals surface area contributed by atoms with Crippen molar-refractivity contribution in [3.63, 3.8) is 0 Å².